The monoisotopic (exact) mass is 315 g/mol. The van der Waals surface area contributed by atoms with E-state index in [9.17, 15) is 0 Å². The molecule has 2 rings (SSSR count). The molecule has 0 unspecified atom stereocenters. The third-order valence-corrected chi connectivity index (χ3v) is 3.46. The topological polar surface area (TPSA) is 75.3 Å². The van der Waals surface area contributed by atoms with Crippen LogP contribution in [0.3, 0.4) is 0 Å². The second kappa shape index (κ2) is 7.26. The van der Waals surface area contributed by atoms with E-state index in [2.05, 4.69) is 46.4 Å². The Kier molecular flexibility index (Phi) is 5.36. The summed E-state index contributed by atoms with van der Waals surface area (Å²) in [6, 6.07) is 3.97. The van der Waals surface area contributed by atoms with Crippen LogP contribution in [-0.4, -0.2) is 23.0 Å². The number of aryl methyl sites for hydroxylation is 1. The Morgan fingerprint density at radius 3 is 2.57 bits per heavy atom. The highest BCUT2D eigenvalue weighted by atomic mass is 16.4. The van der Waals surface area contributed by atoms with Crippen molar-refractivity contribution < 1.29 is 4.42 Å². The van der Waals surface area contributed by atoms with Crippen LogP contribution in [0.5, 0.6) is 0 Å². The van der Waals surface area contributed by atoms with E-state index in [1.165, 1.54) is 0 Å². The van der Waals surface area contributed by atoms with Crippen LogP contribution in [0.15, 0.2) is 33.9 Å². The Hall–Kier alpha value is -2.37. The van der Waals surface area contributed by atoms with Crippen molar-refractivity contribution in [2.75, 3.05) is 7.05 Å². The van der Waals surface area contributed by atoms with Gasteiger partial charge in [-0.15, -0.1) is 0 Å². The van der Waals surface area contributed by atoms with Gasteiger partial charge in [0.2, 0.25) is 5.89 Å². The van der Waals surface area contributed by atoms with E-state index in [1.54, 1.807) is 19.4 Å². The summed E-state index contributed by atoms with van der Waals surface area (Å²) in [6.07, 6.45) is 3.57. The van der Waals surface area contributed by atoms with Crippen LogP contribution in [0.4, 0.5) is 0 Å². The Labute approximate surface area is 137 Å². The molecule has 0 radical (unpaired) electrons. The van der Waals surface area contributed by atoms with E-state index in [0.29, 0.717) is 24.9 Å². The molecule has 0 aliphatic rings. The predicted molar refractivity (Wildman–Crippen MR) is 91.2 cm³/mol. The maximum atomic E-state index is 5.76. The minimum atomic E-state index is -0.0400. The van der Waals surface area contributed by atoms with Crippen molar-refractivity contribution in [1.29, 1.82) is 0 Å². The van der Waals surface area contributed by atoms with E-state index in [1.807, 2.05) is 19.1 Å². The highest BCUT2D eigenvalue weighted by Crippen LogP contribution is 2.22. The number of aliphatic imine (C=N–C) groups is 1. The molecular formula is C17H25N5O. The number of aromatic nitrogens is 2. The van der Waals surface area contributed by atoms with Crippen LogP contribution in [0.25, 0.3) is 0 Å². The first-order valence-corrected chi connectivity index (χ1v) is 7.70. The maximum absolute atomic E-state index is 5.76. The van der Waals surface area contributed by atoms with E-state index in [0.717, 1.165) is 17.0 Å². The Morgan fingerprint density at radius 1 is 1.22 bits per heavy atom. The molecule has 0 bridgehead atoms. The summed E-state index contributed by atoms with van der Waals surface area (Å²) in [5.74, 6) is 2.21. The van der Waals surface area contributed by atoms with Gasteiger partial charge in [-0.25, -0.2) is 4.98 Å². The van der Waals surface area contributed by atoms with E-state index in [4.69, 9.17) is 4.42 Å². The lowest BCUT2D eigenvalue weighted by atomic mass is 9.94. The zero-order valence-electron chi connectivity index (χ0n) is 14.5. The lowest BCUT2D eigenvalue weighted by Gasteiger charge is -2.13. The fourth-order valence-electron chi connectivity index (χ4n) is 1.99. The quantitative estimate of drug-likeness (QED) is 0.670. The van der Waals surface area contributed by atoms with Gasteiger partial charge in [-0.05, 0) is 18.6 Å². The summed E-state index contributed by atoms with van der Waals surface area (Å²) in [5, 5.41) is 6.44. The fraction of sp³-hybridized carbons (Fsp3) is 0.471. The average molecular weight is 315 g/mol. The molecule has 2 N–H and O–H groups in total. The molecule has 2 heterocycles. The first-order chi connectivity index (χ1) is 10.9. The molecule has 23 heavy (non-hydrogen) atoms. The van der Waals surface area contributed by atoms with Crippen molar-refractivity contribution in [2.24, 2.45) is 4.99 Å². The summed E-state index contributed by atoms with van der Waals surface area (Å²) in [4.78, 5) is 12.9. The molecule has 0 aromatic carbocycles. The molecule has 0 saturated heterocycles. The molecule has 2 aromatic rings. The fourth-order valence-corrected chi connectivity index (χ4v) is 1.99. The third-order valence-electron chi connectivity index (χ3n) is 3.46. The molecule has 0 fully saturated rings. The molecule has 0 spiro atoms. The lowest BCUT2D eigenvalue weighted by Crippen LogP contribution is -2.36. The standard InChI is InChI=1S/C17H25N5O/c1-12-7-6-8-19-13(12)9-21-16(18-5)22-11-15-20-10-14(23-15)17(2,3)4/h6-8,10H,9,11H2,1-5H3,(H2,18,21,22). The number of nitrogens with zero attached hydrogens (tertiary/aromatic N) is 3. The average Bonchev–Trinajstić information content (AvgIpc) is 2.98. The van der Waals surface area contributed by atoms with Crippen molar-refractivity contribution in [3.05, 3.63) is 47.4 Å². The number of hydrogen-bond donors (Lipinski definition) is 2. The molecule has 124 valence electrons. The molecule has 0 aliphatic heterocycles. The van der Waals surface area contributed by atoms with Gasteiger partial charge in [-0.3, -0.25) is 9.98 Å². The molecule has 0 amide bonds. The predicted octanol–water partition coefficient (Wildman–Crippen LogP) is 2.54. The van der Waals surface area contributed by atoms with Crippen LogP contribution in [0, 0.1) is 6.92 Å². The van der Waals surface area contributed by atoms with E-state index in [-0.39, 0.29) is 5.41 Å². The summed E-state index contributed by atoms with van der Waals surface area (Å²) < 4.78 is 5.76. The van der Waals surface area contributed by atoms with Crippen LogP contribution in [0.2, 0.25) is 0 Å². The van der Waals surface area contributed by atoms with E-state index >= 15 is 0 Å². The maximum Gasteiger partial charge on any atom is 0.213 e. The second-order valence-corrected chi connectivity index (χ2v) is 6.41. The first kappa shape index (κ1) is 17.0. The Balaban J connectivity index is 1.88. The highest BCUT2D eigenvalue weighted by molar-refractivity contribution is 5.79. The van der Waals surface area contributed by atoms with Gasteiger partial charge >= 0.3 is 0 Å². The minimum Gasteiger partial charge on any atom is -0.443 e. The lowest BCUT2D eigenvalue weighted by molar-refractivity contribution is 0.379. The molecule has 0 atom stereocenters. The Morgan fingerprint density at radius 2 is 1.96 bits per heavy atom. The summed E-state index contributed by atoms with van der Waals surface area (Å²) in [6.45, 7) is 9.43. The SMILES string of the molecule is CN=C(NCc1ncc(C(C)(C)C)o1)NCc1ncccc1C. The summed E-state index contributed by atoms with van der Waals surface area (Å²) in [7, 11) is 1.73. The van der Waals surface area contributed by atoms with Gasteiger partial charge in [0.05, 0.1) is 25.0 Å². The van der Waals surface area contributed by atoms with Crippen molar-refractivity contribution in [3.8, 4) is 0 Å². The van der Waals surface area contributed by atoms with Gasteiger partial charge in [0.25, 0.3) is 0 Å². The molecule has 6 heteroatoms. The van der Waals surface area contributed by atoms with Gasteiger partial charge in [0.15, 0.2) is 5.96 Å². The highest BCUT2D eigenvalue weighted by Gasteiger charge is 2.19. The zero-order valence-corrected chi connectivity index (χ0v) is 14.5. The van der Waals surface area contributed by atoms with Crippen LogP contribution in [0.1, 0.15) is 43.7 Å². The molecule has 0 aliphatic carbocycles. The van der Waals surface area contributed by atoms with Gasteiger partial charge < -0.3 is 15.1 Å². The van der Waals surface area contributed by atoms with Gasteiger partial charge in [0.1, 0.15) is 5.76 Å². The van der Waals surface area contributed by atoms with Crippen LogP contribution < -0.4 is 10.6 Å². The largest absolute Gasteiger partial charge is 0.443 e. The zero-order chi connectivity index (χ0) is 16.9. The van der Waals surface area contributed by atoms with Crippen molar-refractivity contribution in [3.63, 3.8) is 0 Å². The second-order valence-electron chi connectivity index (χ2n) is 6.41. The van der Waals surface area contributed by atoms with E-state index < -0.39 is 0 Å². The summed E-state index contributed by atoms with van der Waals surface area (Å²) >= 11 is 0. The number of hydrogen-bond acceptors (Lipinski definition) is 4. The molecule has 6 nitrogen and oxygen atoms in total. The van der Waals surface area contributed by atoms with Gasteiger partial charge in [-0.2, -0.15) is 0 Å². The van der Waals surface area contributed by atoms with Crippen LogP contribution >= 0.6 is 0 Å². The number of guanidine groups is 1. The number of oxazole rings is 1. The van der Waals surface area contributed by atoms with Crippen molar-refractivity contribution in [2.45, 2.75) is 46.2 Å². The number of rotatable bonds is 4. The van der Waals surface area contributed by atoms with Crippen LogP contribution in [-0.2, 0) is 18.5 Å². The molecular weight excluding hydrogens is 290 g/mol. The minimum absolute atomic E-state index is 0.0400. The van der Waals surface area contributed by atoms with Gasteiger partial charge in [0, 0.05) is 18.7 Å². The Bertz CT molecular complexity index is 670. The number of pyridine rings is 1. The molecule has 0 saturated carbocycles. The van der Waals surface area contributed by atoms with Crippen molar-refractivity contribution >= 4 is 5.96 Å². The first-order valence-electron chi connectivity index (χ1n) is 7.70. The van der Waals surface area contributed by atoms with Crippen molar-refractivity contribution in [1.82, 2.24) is 20.6 Å². The molecule has 2 aromatic heterocycles. The third kappa shape index (κ3) is 4.81. The number of nitrogens with one attached hydrogen (secondary N) is 2. The normalized spacial score (nSPS) is 12.3. The smallest absolute Gasteiger partial charge is 0.213 e. The van der Waals surface area contributed by atoms with Gasteiger partial charge in [-0.1, -0.05) is 26.8 Å². The summed E-state index contributed by atoms with van der Waals surface area (Å²) in [5.41, 5.74) is 2.11.